The van der Waals surface area contributed by atoms with Crippen molar-refractivity contribution in [3.8, 4) is 0 Å². The van der Waals surface area contributed by atoms with Gasteiger partial charge in [-0.25, -0.2) is 4.98 Å². The number of nitrogens with zero attached hydrogens (tertiary/aromatic N) is 1. The molecule has 0 fully saturated rings. The topological polar surface area (TPSA) is 88.6 Å². The second-order valence-electron chi connectivity index (χ2n) is 3.35. The van der Waals surface area contributed by atoms with Crippen LogP contribution in [-0.4, -0.2) is 21.8 Å². The minimum absolute atomic E-state index is 0.0966. The van der Waals surface area contributed by atoms with Crippen LogP contribution in [-0.2, 0) is 4.74 Å². The Balaban J connectivity index is 2.13. The number of nitrogens with two attached hydrogens (primary N) is 1. The van der Waals surface area contributed by atoms with Crippen LogP contribution in [0.4, 0.5) is 5.82 Å². The Labute approximate surface area is 86.8 Å². The summed E-state index contributed by atoms with van der Waals surface area (Å²) in [5, 5.41) is 18.3. The Hall–Kier alpha value is -1.75. The molecule has 1 aliphatic heterocycles. The molecular weight excluding hydrogens is 196 g/mol. The van der Waals surface area contributed by atoms with Crippen molar-refractivity contribution < 1.29 is 14.9 Å². The number of hydrogen-bond donors (Lipinski definition) is 3. The smallest absolute Gasteiger partial charge is 0.160 e. The third-order valence-electron chi connectivity index (χ3n) is 2.31. The van der Waals surface area contributed by atoms with Crippen molar-refractivity contribution in [1.29, 1.82) is 0 Å². The number of ether oxygens (including phenoxy) is 1. The standard InChI is InChI=1S/C10H12N2O3/c11-10-2-1-6(4-12-10)8-3-7(14)9(5-13)15-8/h1-2,4,8,13-14H,3,5H2,(H2,11,12)/t8-/m1/s1. The number of pyridine rings is 1. The number of hydrogen-bond acceptors (Lipinski definition) is 5. The molecule has 15 heavy (non-hydrogen) atoms. The zero-order valence-corrected chi connectivity index (χ0v) is 8.05. The van der Waals surface area contributed by atoms with Crippen LogP contribution < -0.4 is 5.73 Å². The van der Waals surface area contributed by atoms with Crippen LogP contribution in [0.5, 0.6) is 0 Å². The SMILES string of the molecule is Nc1ccc([C@H]2CC(O)=C(CO)O2)cn1. The second kappa shape index (κ2) is 3.78. The van der Waals surface area contributed by atoms with Crippen LogP contribution in [0.25, 0.3) is 0 Å². The van der Waals surface area contributed by atoms with Gasteiger partial charge in [-0.1, -0.05) is 6.07 Å². The fourth-order valence-corrected chi connectivity index (χ4v) is 1.49. The van der Waals surface area contributed by atoms with Gasteiger partial charge in [-0.15, -0.1) is 0 Å². The van der Waals surface area contributed by atoms with Gasteiger partial charge in [0.15, 0.2) is 5.76 Å². The van der Waals surface area contributed by atoms with Crippen LogP contribution in [0.2, 0.25) is 0 Å². The molecule has 1 aromatic heterocycles. The number of rotatable bonds is 2. The average molecular weight is 208 g/mol. The molecule has 0 aliphatic carbocycles. The monoisotopic (exact) mass is 208 g/mol. The van der Waals surface area contributed by atoms with Gasteiger partial charge in [0.25, 0.3) is 0 Å². The maximum Gasteiger partial charge on any atom is 0.160 e. The summed E-state index contributed by atoms with van der Waals surface area (Å²) in [5.74, 6) is 0.771. The van der Waals surface area contributed by atoms with Crippen LogP contribution in [0.3, 0.4) is 0 Å². The van der Waals surface area contributed by atoms with Gasteiger partial charge in [-0.3, -0.25) is 0 Å². The molecule has 0 bridgehead atoms. The predicted octanol–water partition coefficient (Wildman–Crippen LogP) is 0.887. The Morgan fingerprint density at radius 3 is 2.87 bits per heavy atom. The van der Waals surface area contributed by atoms with Crippen molar-refractivity contribution in [2.75, 3.05) is 12.3 Å². The van der Waals surface area contributed by atoms with Crippen LogP contribution >= 0.6 is 0 Å². The number of anilines is 1. The van der Waals surface area contributed by atoms with Crippen molar-refractivity contribution in [2.24, 2.45) is 0 Å². The summed E-state index contributed by atoms with van der Waals surface area (Å²) < 4.78 is 5.35. The molecule has 0 aromatic carbocycles. The average Bonchev–Trinajstić information content (AvgIpc) is 2.61. The van der Waals surface area contributed by atoms with E-state index in [9.17, 15) is 5.11 Å². The Kier molecular flexibility index (Phi) is 2.47. The highest BCUT2D eigenvalue weighted by molar-refractivity contribution is 5.31. The third-order valence-corrected chi connectivity index (χ3v) is 2.31. The van der Waals surface area contributed by atoms with Crippen LogP contribution in [0, 0.1) is 0 Å². The van der Waals surface area contributed by atoms with Gasteiger partial charge >= 0.3 is 0 Å². The lowest BCUT2D eigenvalue weighted by atomic mass is 10.1. The van der Waals surface area contributed by atoms with Gasteiger partial charge in [0, 0.05) is 18.2 Å². The molecule has 0 spiro atoms. The number of aliphatic hydroxyl groups excluding tert-OH is 2. The first-order chi connectivity index (χ1) is 7.20. The quantitative estimate of drug-likeness (QED) is 0.671. The van der Waals surface area contributed by atoms with Crippen molar-refractivity contribution >= 4 is 5.82 Å². The Bertz CT molecular complexity index is 386. The molecule has 0 saturated heterocycles. The Morgan fingerprint density at radius 2 is 2.33 bits per heavy atom. The van der Waals surface area contributed by atoms with Crippen LogP contribution in [0.15, 0.2) is 29.8 Å². The van der Waals surface area contributed by atoms with E-state index < -0.39 is 0 Å². The van der Waals surface area contributed by atoms with E-state index >= 15 is 0 Å². The van der Waals surface area contributed by atoms with Gasteiger partial charge in [0.1, 0.15) is 24.3 Å². The lowest BCUT2D eigenvalue weighted by molar-refractivity contribution is 0.114. The predicted molar refractivity (Wildman–Crippen MR) is 53.8 cm³/mol. The highest BCUT2D eigenvalue weighted by atomic mass is 16.5. The zero-order valence-electron chi connectivity index (χ0n) is 8.05. The highest BCUT2D eigenvalue weighted by Gasteiger charge is 2.26. The molecule has 1 atom stereocenters. The van der Waals surface area contributed by atoms with E-state index in [1.807, 2.05) is 0 Å². The third kappa shape index (κ3) is 1.87. The molecule has 4 N–H and O–H groups in total. The Morgan fingerprint density at radius 1 is 1.53 bits per heavy atom. The molecule has 80 valence electrons. The largest absolute Gasteiger partial charge is 0.509 e. The second-order valence-corrected chi connectivity index (χ2v) is 3.35. The minimum atomic E-state index is -0.287. The molecular formula is C10H12N2O3. The minimum Gasteiger partial charge on any atom is -0.509 e. The normalized spacial score (nSPS) is 20.5. The van der Waals surface area contributed by atoms with Gasteiger partial charge in [0.05, 0.1) is 0 Å². The first-order valence-electron chi connectivity index (χ1n) is 4.60. The van der Waals surface area contributed by atoms with E-state index in [2.05, 4.69) is 4.98 Å². The van der Waals surface area contributed by atoms with Crippen molar-refractivity contribution in [1.82, 2.24) is 4.98 Å². The summed E-state index contributed by atoms with van der Waals surface area (Å²) in [5.41, 5.74) is 6.29. The summed E-state index contributed by atoms with van der Waals surface area (Å²) >= 11 is 0. The molecule has 5 nitrogen and oxygen atoms in total. The maximum atomic E-state index is 9.42. The van der Waals surface area contributed by atoms with Gasteiger partial charge in [0.2, 0.25) is 0 Å². The maximum absolute atomic E-state index is 9.42. The number of nitrogen functional groups attached to an aromatic ring is 1. The van der Waals surface area contributed by atoms with Crippen molar-refractivity contribution in [3.05, 3.63) is 35.4 Å². The van der Waals surface area contributed by atoms with Gasteiger partial charge in [-0.05, 0) is 6.07 Å². The van der Waals surface area contributed by atoms with Crippen molar-refractivity contribution in [2.45, 2.75) is 12.5 Å². The number of aliphatic hydroxyl groups is 2. The number of aromatic nitrogens is 1. The zero-order chi connectivity index (χ0) is 10.8. The first kappa shape index (κ1) is 9.79. The van der Waals surface area contributed by atoms with E-state index in [0.717, 1.165) is 5.56 Å². The van der Waals surface area contributed by atoms with E-state index in [0.29, 0.717) is 12.2 Å². The molecule has 1 aliphatic rings. The molecule has 0 radical (unpaired) electrons. The summed E-state index contributed by atoms with van der Waals surface area (Å²) in [7, 11) is 0. The summed E-state index contributed by atoms with van der Waals surface area (Å²) in [6.07, 6.45) is 1.69. The van der Waals surface area contributed by atoms with Gasteiger partial charge < -0.3 is 20.7 Å². The summed E-state index contributed by atoms with van der Waals surface area (Å²) in [4.78, 5) is 3.93. The lowest BCUT2D eigenvalue weighted by Crippen LogP contribution is -2.00. The molecule has 0 unspecified atom stereocenters. The molecule has 0 saturated carbocycles. The molecule has 5 heteroatoms. The summed E-state index contributed by atoms with van der Waals surface area (Å²) in [6.45, 7) is -0.287. The first-order valence-corrected chi connectivity index (χ1v) is 4.60. The fraction of sp³-hybridized carbons (Fsp3) is 0.300. The molecule has 1 aromatic rings. The van der Waals surface area contributed by atoms with Crippen molar-refractivity contribution in [3.63, 3.8) is 0 Å². The fourth-order valence-electron chi connectivity index (χ4n) is 1.49. The van der Waals surface area contributed by atoms with Gasteiger partial charge in [-0.2, -0.15) is 0 Å². The van der Waals surface area contributed by atoms with E-state index in [1.165, 1.54) is 0 Å². The molecule has 2 rings (SSSR count). The summed E-state index contributed by atoms with van der Waals surface area (Å²) in [6, 6.07) is 3.47. The molecule has 0 amide bonds. The van der Waals surface area contributed by atoms with Crippen LogP contribution in [0.1, 0.15) is 18.1 Å². The van der Waals surface area contributed by atoms with E-state index in [1.54, 1.807) is 18.3 Å². The van der Waals surface area contributed by atoms with E-state index in [-0.39, 0.29) is 24.2 Å². The highest BCUT2D eigenvalue weighted by Crippen LogP contribution is 2.34. The lowest BCUT2D eigenvalue weighted by Gasteiger charge is -2.11. The molecule has 2 heterocycles. The van der Waals surface area contributed by atoms with E-state index in [4.69, 9.17) is 15.6 Å².